The fraction of sp³-hybridized carbons (Fsp3) is 0.300. The van der Waals surface area contributed by atoms with Crippen LogP contribution in [0.15, 0.2) is 51.4 Å². The maximum absolute atomic E-state index is 13.9. The fourth-order valence-electron chi connectivity index (χ4n) is 3.45. The highest BCUT2D eigenvalue weighted by Crippen LogP contribution is 2.29. The van der Waals surface area contributed by atoms with Crippen molar-refractivity contribution in [3.05, 3.63) is 58.6 Å². The SMILES string of the molecule is O=C(CN1CCCC(c2nc3ccccc3o2)C1)Nc1ccc(Br)cc1F. The fourth-order valence-corrected chi connectivity index (χ4v) is 3.78. The molecule has 0 bridgehead atoms. The normalized spacial score (nSPS) is 17.9. The number of likely N-dealkylation sites (tertiary alicyclic amines) is 1. The van der Waals surface area contributed by atoms with Gasteiger partial charge < -0.3 is 9.73 Å². The van der Waals surface area contributed by atoms with Gasteiger partial charge in [0.25, 0.3) is 0 Å². The van der Waals surface area contributed by atoms with Gasteiger partial charge in [-0.15, -0.1) is 0 Å². The first-order valence-corrected chi connectivity index (χ1v) is 9.70. The summed E-state index contributed by atoms with van der Waals surface area (Å²) in [6.45, 7) is 1.74. The van der Waals surface area contributed by atoms with Crippen LogP contribution in [-0.2, 0) is 4.79 Å². The van der Waals surface area contributed by atoms with Crippen LogP contribution in [0, 0.1) is 5.82 Å². The van der Waals surface area contributed by atoms with Crippen molar-refractivity contribution in [2.75, 3.05) is 25.0 Å². The monoisotopic (exact) mass is 431 g/mol. The van der Waals surface area contributed by atoms with Crippen molar-refractivity contribution in [1.82, 2.24) is 9.88 Å². The van der Waals surface area contributed by atoms with E-state index in [-0.39, 0.29) is 24.1 Å². The van der Waals surface area contributed by atoms with E-state index < -0.39 is 5.82 Å². The highest BCUT2D eigenvalue weighted by Gasteiger charge is 2.26. The third kappa shape index (κ3) is 4.20. The second kappa shape index (κ2) is 7.78. The number of aromatic nitrogens is 1. The molecule has 2 aromatic carbocycles. The van der Waals surface area contributed by atoms with Crippen LogP contribution in [0.2, 0.25) is 0 Å². The third-order valence-electron chi connectivity index (χ3n) is 4.74. The number of rotatable bonds is 4. The Labute approximate surface area is 164 Å². The lowest BCUT2D eigenvalue weighted by molar-refractivity contribution is -0.117. The van der Waals surface area contributed by atoms with Crippen LogP contribution in [0.4, 0.5) is 10.1 Å². The maximum Gasteiger partial charge on any atom is 0.238 e. The highest BCUT2D eigenvalue weighted by atomic mass is 79.9. The Bertz CT molecular complexity index is 942. The van der Waals surface area contributed by atoms with Gasteiger partial charge in [0.2, 0.25) is 5.91 Å². The van der Waals surface area contributed by atoms with Gasteiger partial charge in [-0.3, -0.25) is 9.69 Å². The molecule has 0 aliphatic carbocycles. The summed E-state index contributed by atoms with van der Waals surface area (Å²) in [6.07, 6.45) is 1.94. The molecule has 1 aromatic heterocycles. The second-order valence-corrected chi connectivity index (χ2v) is 7.68. The Morgan fingerprint density at radius 1 is 1.33 bits per heavy atom. The standard InChI is InChI=1S/C20H19BrFN3O2/c21-14-7-8-16(15(22)10-14)23-19(26)12-25-9-3-4-13(11-25)20-24-17-5-1-2-6-18(17)27-20/h1-2,5-8,10,13H,3-4,9,11-12H2,(H,23,26). The minimum absolute atomic E-state index is 0.156. The summed E-state index contributed by atoms with van der Waals surface area (Å²) >= 11 is 3.21. The smallest absolute Gasteiger partial charge is 0.238 e. The molecule has 7 heteroatoms. The highest BCUT2D eigenvalue weighted by molar-refractivity contribution is 9.10. The quantitative estimate of drug-likeness (QED) is 0.658. The van der Waals surface area contributed by atoms with Crippen LogP contribution < -0.4 is 5.32 Å². The molecule has 1 aliphatic rings. The summed E-state index contributed by atoms with van der Waals surface area (Å²) in [4.78, 5) is 19.0. The van der Waals surface area contributed by atoms with E-state index in [4.69, 9.17) is 4.42 Å². The number of carbonyl (C=O) groups is 1. The Hall–Kier alpha value is -2.25. The molecule has 1 unspecified atom stereocenters. The Morgan fingerprint density at radius 2 is 2.19 bits per heavy atom. The largest absolute Gasteiger partial charge is 0.440 e. The van der Waals surface area contributed by atoms with Crippen molar-refractivity contribution < 1.29 is 13.6 Å². The number of nitrogens with one attached hydrogen (secondary N) is 1. The summed E-state index contributed by atoms with van der Waals surface area (Å²) < 4.78 is 20.4. The molecule has 140 valence electrons. The summed E-state index contributed by atoms with van der Waals surface area (Å²) in [5.41, 5.74) is 1.83. The predicted octanol–water partition coefficient (Wildman–Crippen LogP) is 4.55. The van der Waals surface area contributed by atoms with Gasteiger partial charge in [-0.1, -0.05) is 28.1 Å². The molecular formula is C20H19BrFN3O2. The molecule has 27 heavy (non-hydrogen) atoms. The topological polar surface area (TPSA) is 58.4 Å². The first kappa shape index (κ1) is 18.1. The van der Waals surface area contributed by atoms with Gasteiger partial charge in [0.1, 0.15) is 11.3 Å². The summed E-state index contributed by atoms with van der Waals surface area (Å²) in [5.74, 6) is 0.193. The average molecular weight is 432 g/mol. The van der Waals surface area contributed by atoms with Gasteiger partial charge in [-0.05, 0) is 49.7 Å². The Morgan fingerprint density at radius 3 is 3.00 bits per heavy atom. The molecule has 0 saturated carbocycles. The zero-order valence-electron chi connectivity index (χ0n) is 14.6. The van der Waals surface area contributed by atoms with Crippen molar-refractivity contribution in [1.29, 1.82) is 0 Å². The Balaban J connectivity index is 1.40. The molecule has 1 N–H and O–H groups in total. The van der Waals surface area contributed by atoms with Gasteiger partial charge in [0, 0.05) is 16.9 Å². The van der Waals surface area contributed by atoms with Gasteiger partial charge in [0.05, 0.1) is 12.2 Å². The first-order chi connectivity index (χ1) is 13.1. The lowest BCUT2D eigenvalue weighted by atomic mass is 9.98. The summed E-state index contributed by atoms with van der Waals surface area (Å²) in [6, 6.07) is 12.3. The van der Waals surface area contributed by atoms with Crippen LogP contribution in [0.5, 0.6) is 0 Å². The second-order valence-electron chi connectivity index (χ2n) is 6.77. The molecular weight excluding hydrogens is 413 g/mol. The number of hydrogen-bond acceptors (Lipinski definition) is 4. The van der Waals surface area contributed by atoms with Crippen molar-refractivity contribution in [3.8, 4) is 0 Å². The van der Waals surface area contributed by atoms with E-state index in [1.807, 2.05) is 24.3 Å². The summed E-state index contributed by atoms with van der Waals surface area (Å²) in [5, 5.41) is 2.65. The van der Waals surface area contributed by atoms with Crippen LogP contribution in [0.1, 0.15) is 24.7 Å². The minimum atomic E-state index is -0.458. The van der Waals surface area contributed by atoms with E-state index in [1.165, 1.54) is 6.07 Å². The zero-order valence-corrected chi connectivity index (χ0v) is 16.2. The van der Waals surface area contributed by atoms with E-state index >= 15 is 0 Å². The maximum atomic E-state index is 13.9. The van der Waals surface area contributed by atoms with E-state index in [1.54, 1.807) is 12.1 Å². The number of piperidine rings is 1. The van der Waals surface area contributed by atoms with Crippen molar-refractivity contribution in [3.63, 3.8) is 0 Å². The molecule has 0 spiro atoms. The lowest BCUT2D eigenvalue weighted by Crippen LogP contribution is -2.39. The molecule has 1 fully saturated rings. The number of nitrogens with zero attached hydrogens (tertiary/aromatic N) is 2. The minimum Gasteiger partial charge on any atom is -0.440 e. The van der Waals surface area contributed by atoms with Crippen molar-refractivity contribution in [2.24, 2.45) is 0 Å². The van der Waals surface area contributed by atoms with Gasteiger partial charge in [-0.25, -0.2) is 9.37 Å². The first-order valence-electron chi connectivity index (χ1n) is 8.91. The van der Waals surface area contributed by atoms with Gasteiger partial charge >= 0.3 is 0 Å². The number of fused-ring (bicyclic) bond motifs is 1. The number of halogens is 2. The molecule has 4 rings (SSSR count). The number of benzene rings is 2. The summed E-state index contributed by atoms with van der Waals surface area (Å²) in [7, 11) is 0. The molecule has 1 atom stereocenters. The number of amides is 1. The molecule has 1 amide bonds. The number of para-hydroxylation sites is 2. The average Bonchev–Trinajstić information content (AvgIpc) is 3.08. The third-order valence-corrected chi connectivity index (χ3v) is 5.23. The van der Waals surface area contributed by atoms with Crippen LogP contribution in [0.3, 0.4) is 0 Å². The van der Waals surface area contributed by atoms with Crippen LogP contribution in [-0.4, -0.2) is 35.4 Å². The number of oxazole rings is 1. The van der Waals surface area contributed by atoms with E-state index in [0.29, 0.717) is 11.0 Å². The van der Waals surface area contributed by atoms with E-state index in [0.717, 1.165) is 36.4 Å². The molecule has 1 saturated heterocycles. The van der Waals surface area contributed by atoms with Gasteiger partial charge in [0.15, 0.2) is 11.5 Å². The van der Waals surface area contributed by atoms with E-state index in [2.05, 4.69) is 31.1 Å². The van der Waals surface area contributed by atoms with Gasteiger partial charge in [-0.2, -0.15) is 0 Å². The van der Waals surface area contributed by atoms with Crippen LogP contribution >= 0.6 is 15.9 Å². The van der Waals surface area contributed by atoms with Crippen LogP contribution in [0.25, 0.3) is 11.1 Å². The number of anilines is 1. The number of hydrogen-bond donors (Lipinski definition) is 1. The molecule has 5 nitrogen and oxygen atoms in total. The lowest BCUT2D eigenvalue weighted by Gasteiger charge is -2.30. The molecule has 1 aliphatic heterocycles. The van der Waals surface area contributed by atoms with E-state index in [9.17, 15) is 9.18 Å². The molecule has 0 radical (unpaired) electrons. The Kier molecular flexibility index (Phi) is 5.22. The van der Waals surface area contributed by atoms with Crippen molar-refractivity contribution >= 4 is 38.6 Å². The predicted molar refractivity (Wildman–Crippen MR) is 105 cm³/mol. The number of carbonyl (C=O) groups excluding carboxylic acids is 1. The molecule has 2 heterocycles. The van der Waals surface area contributed by atoms with Crippen molar-refractivity contribution in [2.45, 2.75) is 18.8 Å². The molecule has 3 aromatic rings. The zero-order chi connectivity index (χ0) is 18.8.